The molecule has 118 valence electrons. The van der Waals surface area contributed by atoms with E-state index in [0.717, 1.165) is 15.6 Å². The maximum Gasteiger partial charge on any atom is 0.272 e. The molecule has 0 aliphatic heterocycles. The first-order valence-corrected chi connectivity index (χ1v) is 8.13. The van der Waals surface area contributed by atoms with E-state index in [0.29, 0.717) is 11.3 Å². The molecule has 0 atom stereocenters. The lowest BCUT2D eigenvalue weighted by Gasteiger charge is -2.08. The van der Waals surface area contributed by atoms with E-state index >= 15 is 0 Å². The maximum atomic E-state index is 12.4. The van der Waals surface area contributed by atoms with Crippen LogP contribution in [0.3, 0.4) is 0 Å². The van der Waals surface area contributed by atoms with Crippen molar-refractivity contribution in [2.45, 2.75) is 0 Å². The Morgan fingerprint density at radius 2 is 1.62 bits per heavy atom. The molecule has 24 heavy (non-hydrogen) atoms. The second-order valence-electron chi connectivity index (χ2n) is 4.99. The molecule has 4 nitrogen and oxygen atoms in total. The zero-order chi connectivity index (χ0) is 16.8. The molecule has 0 saturated carbocycles. The summed E-state index contributed by atoms with van der Waals surface area (Å²) < 4.78 is 0.723. The third kappa shape index (κ3) is 3.75. The van der Waals surface area contributed by atoms with Crippen LogP contribution in [0.25, 0.3) is 0 Å². The van der Waals surface area contributed by atoms with Crippen molar-refractivity contribution in [1.29, 1.82) is 0 Å². The number of carbonyl (C=O) groups excluding carboxylic acids is 1. The number of carbonyl (C=O) groups is 1. The fraction of sp³-hybridized carbons (Fsp3) is 0. The molecule has 0 radical (unpaired) electrons. The largest absolute Gasteiger partial charge is 0.272 e. The van der Waals surface area contributed by atoms with Crippen LogP contribution in [0, 0.1) is 0 Å². The van der Waals surface area contributed by atoms with E-state index in [-0.39, 0.29) is 5.91 Å². The highest BCUT2D eigenvalue weighted by molar-refractivity contribution is 9.10. The number of pyridine rings is 1. The van der Waals surface area contributed by atoms with Gasteiger partial charge in [0.15, 0.2) is 0 Å². The normalized spacial score (nSPS) is 11.1. The van der Waals surface area contributed by atoms with Crippen LogP contribution in [-0.4, -0.2) is 16.6 Å². The maximum absolute atomic E-state index is 12.4. The van der Waals surface area contributed by atoms with Gasteiger partial charge in [-0.15, -0.1) is 0 Å². The molecule has 0 aliphatic rings. The first-order valence-electron chi connectivity index (χ1n) is 7.34. The molecule has 0 saturated heterocycles. The quantitative estimate of drug-likeness (QED) is 0.549. The SMILES string of the molecule is O=C(N/N=C(\c1ccccc1)c1cccnc1)c1ccccc1Br. The molecule has 1 N–H and O–H groups in total. The Labute approximate surface area is 148 Å². The fourth-order valence-electron chi connectivity index (χ4n) is 2.21. The van der Waals surface area contributed by atoms with Crippen molar-refractivity contribution in [2.24, 2.45) is 5.10 Å². The van der Waals surface area contributed by atoms with Gasteiger partial charge in [-0.25, -0.2) is 5.43 Å². The van der Waals surface area contributed by atoms with Gasteiger partial charge in [0.2, 0.25) is 0 Å². The lowest BCUT2D eigenvalue weighted by Crippen LogP contribution is -2.21. The predicted molar refractivity (Wildman–Crippen MR) is 97.9 cm³/mol. The highest BCUT2D eigenvalue weighted by Crippen LogP contribution is 2.16. The van der Waals surface area contributed by atoms with Crippen molar-refractivity contribution in [3.05, 3.63) is 100 Å². The third-order valence-corrected chi connectivity index (χ3v) is 4.06. The molecule has 0 fully saturated rings. The second kappa shape index (κ2) is 7.66. The molecule has 0 unspecified atom stereocenters. The van der Waals surface area contributed by atoms with Gasteiger partial charge in [-0.05, 0) is 40.2 Å². The molecular weight excluding hydrogens is 366 g/mol. The van der Waals surface area contributed by atoms with E-state index < -0.39 is 0 Å². The summed E-state index contributed by atoms with van der Waals surface area (Å²) in [5.41, 5.74) is 5.54. The Hall–Kier alpha value is -2.79. The van der Waals surface area contributed by atoms with Crippen LogP contribution in [0.5, 0.6) is 0 Å². The van der Waals surface area contributed by atoms with E-state index in [1.807, 2.05) is 60.7 Å². The van der Waals surface area contributed by atoms with Crippen LogP contribution >= 0.6 is 15.9 Å². The van der Waals surface area contributed by atoms with Gasteiger partial charge in [-0.3, -0.25) is 9.78 Å². The highest BCUT2D eigenvalue weighted by Gasteiger charge is 2.11. The third-order valence-electron chi connectivity index (χ3n) is 3.37. The molecule has 3 rings (SSSR count). The molecule has 0 aliphatic carbocycles. The van der Waals surface area contributed by atoms with Gasteiger partial charge >= 0.3 is 0 Å². The number of nitrogens with zero attached hydrogens (tertiary/aromatic N) is 2. The Bertz CT molecular complexity index is 823. The van der Waals surface area contributed by atoms with Crippen LogP contribution in [-0.2, 0) is 0 Å². The second-order valence-corrected chi connectivity index (χ2v) is 5.84. The number of rotatable bonds is 4. The number of hydrazone groups is 1. The standard InChI is InChI=1S/C19H14BrN3O/c20-17-11-5-4-10-16(17)19(24)23-22-18(14-7-2-1-3-8-14)15-9-6-12-21-13-15/h1-13H,(H,23,24)/b22-18+. The van der Waals surface area contributed by atoms with E-state index in [4.69, 9.17) is 0 Å². The van der Waals surface area contributed by atoms with Crippen LogP contribution in [0.1, 0.15) is 21.5 Å². The summed E-state index contributed by atoms with van der Waals surface area (Å²) in [4.78, 5) is 16.5. The topological polar surface area (TPSA) is 54.4 Å². The Morgan fingerprint density at radius 3 is 2.33 bits per heavy atom. The molecule has 1 amide bonds. The Balaban J connectivity index is 1.93. The Kier molecular flexibility index (Phi) is 5.13. The fourth-order valence-corrected chi connectivity index (χ4v) is 2.67. The zero-order valence-corrected chi connectivity index (χ0v) is 14.3. The first-order chi connectivity index (χ1) is 11.8. The molecule has 0 bridgehead atoms. The van der Waals surface area contributed by atoms with Crippen molar-refractivity contribution in [3.63, 3.8) is 0 Å². The van der Waals surface area contributed by atoms with E-state index in [9.17, 15) is 4.79 Å². The summed E-state index contributed by atoms with van der Waals surface area (Å²) in [5, 5.41) is 4.34. The molecule has 1 aromatic heterocycles. The summed E-state index contributed by atoms with van der Waals surface area (Å²) in [7, 11) is 0. The van der Waals surface area contributed by atoms with E-state index in [1.54, 1.807) is 18.5 Å². The number of benzene rings is 2. The lowest BCUT2D eigenvalue weighted by molar-refractivity contribution is 0.0954. The van der Waals surface area contributed by atoms with E-state index in [1.165, 1.54) is 0 Å². The minimum absolute atomic E-state index is 0.278. The zero-order valence-electron chi connectivity index (χ0n) is 12.7. The van der Waals surface area contributed by atoms with Gasteiger partial charge in [0.1, 0.15) is 0 Å². The van der Waals surface area contributed by atoms with E-state index in [2.05, 4.69) is 31.4 Å². The van der Waals surface area contributed by atoms with Gasteiger partial charge in [0.05, 0.1) is 11.3 Å². The van der Waals surface area contributed by atoms with Crippen LogP contribution in [0.15, 0.2) is 88.7 Å². The van der Waals surface area contributed by atoms with Gasteiger partial charge in [0, 0.05) is 28.0 Å². The molecule has 3 aromatic rings. The molecule has 0 spiro atoms. The summed E-state index contributed by atoms with van der Waals surface area (Å²) >= 11 is 3.37. The molecule has 1 heterocycles. The van der Waals surface area contributed by atoms with Crippen molar-refractivity contribution >= 4 is 27.5 Å². The predicted octanol–water partition coefficient (Wildman–Crippen LogP) is 4.03. The van der Waals surface area contributed by atoms with Crippen LogP contribution in [0.4, 0.5) is 0 Å². The summed E-state index contributed by atoms with van der Waals surface area (Å²) in [6.07, 6.45) is 3.42. The monoisotopic (exact) mass is 379 g/mol. The van der Waals surface area contributed by atoms with Crippen molar-refractivity contribution < 1.29 is 4.79 Å². The van der Waals surface area contributed by atoms with Crippen molar-refractivity contribution in [2.75, 3.05) is 0 Å². The summed E-state index contributed by atoms with van der Waals surface area (Å²) in [6.45, 7) is 0. The van der Waals surface area contributed by atoms with Gasteiger partial charge in [0.25, 0.3) is 5.91 Å². The summed E-state index contributed by atoms with van der Waals surface area (Å²) in [6, 6.07) is 20.6. The smallest absolute Gasteiger partial charge is 0.267 e. The van der Waals surface area contributed by atoms with Gasteiger partial charge in [-0.1, -0.05) is 42.5 Å². The molecular formula is C19H14BrN3O. The summed E-state index contributed by atoms with van der Waals surface area (Å²) in [5.74, 6) is -0.278. The lowest BCUT2D eigenvalue weighted by atomic mass is 10.0. The Morgan fingerprint density at radius 1 is 0.917 bits per heavy atom. The van der Waals surface area contributed by atoms with Crippen molar-refractivity contribution in [1.82, 2.24) is 10.4 Å². The minimum atomic E-state index is -0.278. The minimum Gasteiger partial charge on any atom is -0.267 e. The number of hydrogen-bond donors (Lipinski definition) is 1. The van der Waals surface area contributed by atoms with Crippen molar-refractivity contribution in [3.8, 4) is 0 Å². The number of halogens is 1. The number of nitrogens with one attached hydrogen (secondary N) is 1. The first kappa shape index (κ1) is 16.1. The van der Waals surface area contributed by atoms with Crippen LogP contribution < -0.4 is 5.43 Å². The number of hydrogen-bond acceptors (Lipinski definition) is 3. The highest BCUT2D eigenvalue weighted by atomic mass is 79.9. The number of amides is 1. The molecule has 5 heteroatoms. The van der Waals surface area contributed by atoms with Gasteiger partial charge < -0.3 is 0 Å². The van der Waals surface area contributed by atoms with Crippen LogP contribution in [0.2, 0.25) is 0 Å². The average Bonchev–Trinajstić information content (AvgIpc) is 2.64. The average molecular weight is 380 g/mol. The van der Waals surface area contributed by atoms with Gasteiger partial charge in [-0.2, -0.15) is 5.10 Å². The molecule has 2 aromatic carbocycles. The number of aromatic nitrogens is 1.